The number of nitrogens with one attached hydrogen (secondary N) is 1. The fourth-order valence-corrected chi connectivity index (χ4v) is 4.12. The van der Waals surface area contributed by atoms with Gasteiger partial charge in [0, 0.05) is 10.5 Å². The van der Waals surface area contributed by atoms with Crippen LogP contribution >= 0.6 is 15.9 Å². The van der Waals surface area contributed by atoms with Crippen molar-refractivity contribution < 1.29 is 14.3 Å². The molecule has 0 bridgehead atoms. The second-order valence-electron chi connectivity index (χ2n) is 7.98. The van der Waals surface area contributed by atoms with Crippen molar-refractivity contribution in [2.24, 2.45) is 0 Å². The molecule has 0 fully saturated rings. The number of hydrogen-bond acceptors (Lipinski definition) is 3. The third-order valence-corrected chi connectivity index (χ3v) is 6.16. The van der Waals surface area contributed by atoms with Crippen LogP contribution in [0, 0.1) is 0 Å². The number of para-hydroxylation sites is 2. The first-order valence-corrected chi connectivity index (χ1v) is 11.7. The van der Waals surface area contributed by atoms with Crippen LogP contribution in [-0.2, 0) is 16.0 Å². The van der Waals surface area contributed by atoms with Gasteiger partial charge in [0.05, 0.1) is 5.69 Å². The lowest BCUT2D eigenvalue weighted by Gasteiger charge is -2.30. The molecule has 0 aliphatic carbocycles. The molecule has 3 aromatic rings. The zero-order chi connectivity index (χ0) is 23.2. The van der Waals surface area contributed by atoms with Crippen LogP contribution in [0.25, 0.3) is 6.08 Å². The van der Waals surface area contributed by atoms with Crippen LogP contribution in [0.2, 0.25) is 0 Å². The first-order valence-electron chi connectivity index (χ1n) is 10.9. The number of halogens is 1. The lowest BCUT2D eigenvalue weighted by atomic mass is 10.1. The SMILES string of the molecule is C[C@@H](CCc1ccccc1)NC(=O)CN1C(=O)/C(=C\c2ccccc2Br)Oc2ccccc21. The average Bonchev–Trinajstić information content (AvgIpc) is 2.82. The van der Waals surface area contributed by atoms with Crippen molar-refractivity contribution in [3.8, 4) is 5.75 Å². The molecule has 1 atom stereocenters. The largest absolute Gasteiger partial charge is 0.449 e. The standard InChI is InChI=1S/C27H25BrN2O3/c1-19(15-16-20-9-3-2-4-10-20)29-26(31)18-30-23-13-7-8-14-24(23)33-25(27(30)32)17-21-11-5-6-12-22(21)28/h2-14,17,19H,15-16,18H2,1H3,(H,29,31)/b25-17+/t19-/m0/s1. The Balaban J connectivity index is 1.48. The lowest BCUT2D eigenvalue weighted by molar-refractivity contribution is -0.123. The minimum atomic E-state index is -0.350. The first-order chi connectivity index (χ1) is 16.0. The molecule has 3 aromatic carbocycles. The molecule has 0 spiro atoms. The lowest BCUT2D eigenvalue weighted by Crippen LogP contribution is -2.46. The van der Waals surface area contributed by atoms with Crippen LogP contribution in [-0.4, -0.2) is 24.4 Å². The number of anilines is 1. The molecular formula is C27H25BrN2O3. The van der Waals surface area contributed by atoms with Gasteiger partial charge in [-0.05, 0) is 55.2 Å². The zero-order valence-corrected chi connectivity index (χ0v) is 19.9. The molecule has 5 nitrogen and oxygen atoms in total. The van der Waals surface area contributed by atoms with E-state index in [1.54, 1.807) is 18.2 Å². The Bertz CT molecular complexity index is 1180. The zero-order valence-electron chi connectivity index (χ0n) is 18.3. The van der Waals surface area contributed by atoms with E-state index in [9.17, 15) is 9.59 Å². The minimum Gasteiger partial charge on any atom is -0.449 e. The Morgan fingerprint density at radius 1 is 1.03 bits per heavy atom. The number of benzene rings is 3. The molecule has 0 saturated carbocycles. The van der Waals surface area contributed by atoms with E-state index >= 15 is 0 Å². The Morgan fingerprint density at radius 3 is 2.52 bits per heavy atom. The summed E-state index contributed by atoms with van der Waals surface area (Å²) >= 11 is 3.50. The number of ether oxygens (including phenoxy) is 1. The van der Waals surface area contributed by atoms with E-state index in [2.05, 4.69) is 33.4 Å². The van der Waals surface area contributed by atoms with Crippen molar-refractivity contribution in [2.75, 3.05) is 11.4 Å². The van der Waals surface area contributed by atoms with Crippen LogP contribution in [0.1, 0.15) is 24.5 Å². The summed E-state index contributed by atoms with van der Waals surface area (Å²) in [7, 11) is 0. The predicted octanol–water partition coefficient (Wildman–Crippen LogP) is 5.35. The number of carbonyl (C=O) groups is 2. The second-order valence-corrected chi connectivity index (χ2v) is 8.84. The van der Waals surface area contributed by atoms with Crippen LogP contribution in [0.3, 0.4) is 0 Å². The number of hydrogen-bond donors (Lipinski definition) is 1. The maximum Gasteiger partial charge on any atom is 0.294 e. The van der Waals surface area contributed by atoms with Gasteiger partial charge in [-0.2, -0.15) is 0 Å². The topological polar surface area (TPSA) is 58.6 Å². The molecule has 1 heterocycles. The molecule has 1 N–H and O–H groups in total. The van der Waals surface area contributed by atoms with E-state index < -0.39 is 0 Å². The molecule has 2 amide bonds. The molecule has 0 aromatic heterocycles. The van der Waals surface area contributed by atoms with Gasteiger partial charge in [-0.25, -0.2) is 0 Å². The highest BCUT2D eigenvalue weighted by molar-refractivity contribution is 9.10. The monoisotopic (exact) mass is 504 g/mol. The molecule has 168 valence electrons. The molecule has 0 unspecified atom stereocenters. The maximum atomic E-state index is 13.3. The van der Waals surface area contributed by atoms with Gasteiger partial charge in [-0.1, -0.05) is 76.6 Å². The first kappa shape index (κ1) is 22.8. The summed E-state index contributed by atoms with van der Waals surface area (Å²) in [4.78, 5) is 27.6. The van der Waals surface area contributed by atoms with Crippen molar-refractivity contribution >= 4 is 39.5 Å². The summed E-state index contributed by atoms with van der Waals surface area (Å²) in [5.74, 6) is 0.156. The third-order valence-electron chi connectivity index (χ3n) is 5.44. The van der Waals surface area contributed by atoms with Crippen LogP contribution in [0.15, 0.2) is 89.1 Å². The van der Waals surface area contributed by atoms with Gasteiger partial charge in [0.15, 0.2) is 11.5 Å². The van der Waals surface area contributed by atoms with Crippen molar-refractivity contribution in [1.29, 1.82) is 0 Å². The summed E-state index contributed by atoms with van der Waals surface area (Å²) in [6.45, 7) is 1.90. The van der Waals surface area contributed by atoms with Gasteiger partial charge in [0.1, 0.15) is 6.54 Å². The van der Waals surface area contributed by atoms with Gasteiger partial charge in [0.2, 0.25) is 5.91 Å². The molecule has 6 heteroatoms. The fraction of sp³-hybridized carbons (Fsp3) is 0.185. The summed E-state index contributed by atoms with van der Waals surface area (Å²) in [5, 5.41) is 3.02. The van der Waals surface area contributed by atoms with Gasteiger partial charge >= 0.3 is 0 Å². The summed E-state index contributed by atoms with van der Waals surface area (Å²) in [6, 6.07) is 25.0. The second kappa shape index (κ2) is 10.5. The van der Waals surface area contributed by atoms with Crippen LogP contribution in [0.5, 0.6) is 5.75 Å². The molecule has 33 heavy (non-hydrogen) atoms. The van der Waals surface area contributed by atoms with E-state index in [0.717, 1.165) is 22.9 Å². The number of fused-ring (bicyclic) bond motifs is 1. The molecule has 1 aliphatic rings. The predicted molar refractivity (Wildman–Crippen MR) is 134 cm³/mol. The highest BCUT2D eigenvalue weighted by Crippen LogP contribution is 2.35. The van der Waals surface area contributed by atoms with Crippen molar-refractivity contribution in [3.05, 3.63) is 100 Å². The number of amides is 2. The Labute approximate surface area is 202 Å². The third kappa shape index (κ3) is 5.71. The van der Waals surface area contributed by atoms with Gasteiger partial charge in [-0.15, -0.1) is 0 Å². The highest BCUT2D eigenvalue weighted by atomic mass is 79.9. The maximum absolute atomic E-state index is 13.3. The summed E-state index contributed by atoms with van der Waals surface area (Å²) in [5.41, 5.74) is 2.63. The average molecular weight is 505 g/mol. The molecular weight excluding hydrogens is 480 g/mol. The number of rotatable bonds is 7. The van der Waals surface area contributed by atoms with E-state index in [-0.39, 0.29) is 30.2 Å². The molecule has 0 saturated heterocycles. The van der Waals surface area contributed by atoms with E-state index in [1.807, 2.05) is 61.5 Å². The quantitative estimate of drug-likeness (QED) is 0.441. The summed E-state index contributed by atoms with van der Waals surface area (Å²) < 4.78 is 6.75. The van der Waals surface area contributed by atoms with Crippen LogP contribution < -0.4 is 15.0 Å². The van der Waals surface area contributed by atoms with Crippen molar-refractivity contribution in [3.63, 3.8) is 0 Å². The Kier molecular flexibility index (Phi) is 7.25. The minimum absolute atomic E-state index is 0.0145. The van der Waals surface area contributed by atoms with E-state index in [1.165, 1.54) is 10.5 Å². The molecule has 4 rings (SSSR count). The molecule has 1 aliphatic heterocycles. The van der Waals surface area contributed by atoms with Crippen molar-refractivity contribution in [2.45, 2.75) is 25.8 Å². The van der Waals surface area contributed by atoms with Crippen LogP contribution in [0.4, 0.5) is 5.69 Å². The Hall–Kier alpha value is -3.38. The number of aryl methyl sites for hydroxylation is 1. The summed E-state index contributed by atoms with van der Waals surface area (Å²) in [6.07, 6.45) is 3.38. The number of carbonyl (C=O) groups excluding carboxylic acids is 2. The van der Waals surface area contributed by atoms with E-state index in [0.29, 0.717) is 11.4 Å². The highest BCUT2D eigenvalue weighted by Gasteiger charge is 2.31. The molecule has 0 radical (unpaired) electrons. The van der Waals surface area contributed by atoms with Gasteiger partial charge < -0.3 is 10.1 Å². The van der Waals surface area contributed by atoms with E-state index in [4.69, 9.17) is 4.74 Å². The Morgan fingerprint density at radius 2 is 1.73 bits per heavy atom. The van der Waals surface area contributed by atoms with Gasteiger partial charge in [0.25, 0.3) is 5.91 Å². The smallest absolute Gasteiger partial charge is 0.294 e. The number of nitrogens with zero attached hydrogens (tertiary/aromatic N) is 1. The van der Waals surface area contributed by atoms with Gasteiger partial charge in [-0.3, -0.25) is 14.5 Å². The fourth-order valence-electron chi connectivity index (χ4n) is 3.72. The normalized spacial score (nSPS) is 15.0. The van der Waals surface area contributed by atoms with Crippen molar-refractivity contribution in [1.82, 2.24) is 5.32 Å².